The molecule has 1 rings (SSSR count). The summed E-state index contributed by atoms with van der Waals surface area (Å²) < 4.78 is 5.38. The Morgan fingerprint density at radius 3 is 2.32 bits per heavy atom. The van der Waals surface area contributed by atoms with Crippen molar-refractivity contribution in [3.8, 4) is 5.75 Å². The second-order valence-corrected chi connectivity index (χ2v) is 5.00. The van der Waals surface area contributed by atoms with Gasteiger partial charge in [0.1, 0.15) is 5.75 Å². The Morgan fingerprint density at radius 1 is 1.26 bits per heavy atom. The van der Waals surface area contributed by atoms with Crippen molar-refractivity contribution in [2.24, 2.45) is 11.7 Å². The average Bonchev–Trinajstić information content (AvgIpc) is 2.38. The van der Waals surface area contributed by atoms with Crippen LogP contribution in [0.2, 0.25) is 0 Å². The molecule has 0 spiro atoms. The van der Waals surface area contributed by atoms with Gasteiger partial charge in [-0.3, -0.25) is 4.79 Å². The van der Waals surface area contributed by atoms with Crippen LogP contribution in [0.1, 0.15) is 39.3 Å². The Hall–Kier alpha value is -1.55. The van der Waals surface area contributed by atoms with E-state index in [1.165, 1.54) is 0 Å². The van der Waals surface area contributed by atoms with Crippen molar-refractivity contribution in [1.29, 1.82) is 0 Å². The van der Waals surface area contributed by atoms with Crippen LogP contribution in [-0.4, -0.2) is 18.6 Å². The van der Waals surface area contributed by atoms with Crippen molar-refractivity contribution in [3.63, 3.8) is 0 Å². The first-order valence-electron chi connectivity index (χ1n) is 6.74. The largest absolute Gasteiger partial charge is 0.494 e. The molecule has 1 amide bonds. The maximum absolute atomic E-state index is 11.9. The molecule has 0 aromatic heterocycles. The molecule has 106 valence electrons. The van der Waals surface area contributed by atoms with Gasteiger partial charge in [0, 0.05) is 0 Å². The van der Waals surface area contributed by atoms with Crippen molar-refractivity contribution in [2.45, 2.75) is 39.8 Å². The van der Waals surface area contributed by atoms with E-state index in [2.05, 4.69) is 5.32 Å². The highest BCUT2D eigenvalue weighted by Crippen LogP contribution is 2.17. The fourth-order valence-electron chi connectivity index (χ4n) is 1.72. The number of amides is 1. The van der Waals surface area contributed by atoms with Crippen LogP contribution in [0.25, 0.3) is 0 Å². The average molecular weight is 264 g/mol. The third-order valence-electron chi connectivity index (χ3n) is 3.07. The molecular formula is C15H24N2O2. The quantitative estimate of drug-likeness (QED) is 0.828. The molecule has 0 fully saturated rings. The first kappa shape index (κ1) is 15.5. The summed E-state index contributed by atoms with van der Waals surface area (Å²) >= 11 is 0. The van der Waals surface area contributed by atoms with Gasteiger partial charge in [0.05, 0.1) is 18.7 Å². The lowest BCUT2D eigenvalue weighted by molar-refractivity contribution is -0.123. The van der Waals surface area contributed by atoms with E-state index in [9.17, 15) is 4.79 Å². The van der Waals surface area contributed by atoms with E-state index in [0.29, 0.717) is 6.61 Å². The smallest absolute Gasteiger partial charge is 0.237 e. The third-order valence-corrected chi connectivity index (χ3v) is 3.07. The Morgan fingerprint density at radius 2 is 1.84 bits per heavy atom. The number of benzene rings is 1. The van der Waals surface area contributed by atoms with Crippen LogP contribution < -0.4 is 15.8 Å². The Kier molecular flexibility index (Phi) is 5.83. The minimum atomic E-state index is -0.467. The van der Waals surface area contributed by atoms with Gasteiger partial charge in [-0.2, -0.15) is 0 Å². The summed E-state index contributed by atoms with van der Waals surface area (Å²) in [6, 6.07) is 7.19. The SMILES string of the molecule is CCOc1ccc(C(C)NC(=O)[C@@H](N)C(C)C)cc1. The second kappa shape index (κ2) is 7.14. The first-order valence-corrected chi connectivity index (χ1v) is 6.74. The lowest BCUT2D eigenvalue weighted by atomic mass is 10.0. The van der Waals surface area contributed by atoms with Gasteiger partial charge in [0.25, 0.3) is 0 Å². The zero-order valence-electron chi connectivity index (χ0n) is 12.1. The highest BCUT2D eigenvalue weighted by atomic mass is 16.5. The van der Waals surface area contributed by atoms with Gasteiger partial charge in [-0.1, -0.05) is 26.0 Å². The fraction of sp³-hybridized carbons (Fsp3) is 0.533. The molecule has 3 N–H and O–H groups in total. The second-order valence-electron chi connectivity index (χ2n) is 5.00. The predicted molar refractivity (Wildman–Crippen MR) is 77.0 cm³/mol. The standard InChI is InChI=1S/C15H24N2O2/c1-5-19-13-8-6-12(7-9-13)11(4)17-15(18)14(16)10(2)3/h6-11,14H,5,16H2,1-4H3,(H,17,18)/t11?,14-/m0/s1. The molecular weight excluding hydrogens is 240 g/mol. The molecule has 4 heteroatoms. The van der Waals surface area contributed by atoms with Crippen LogP contribution in [0.15, 0.2) is 24.3 Å². The molecule has 0 saturated heterocycles. The summed E-state index contributed by atoms with van der Waals surface area (Å²) in [4.78, 5) is 11.9. The highest BCUT2D eigenvalue weighted by molar-refractivity contribution is 5.82. The molecule has 0 aliphatic rings. The van der Waals surface area contributed by atoms with E-state index in [1.54, 1.807) is 0 Å². The Labute approximate surface area is 115 Å². The number of rotatable bonds is 6. The van der Waals surface area contributed by atoms with E-state index in [4.69, 9.17) is 10.5 Å². The van der Waals surface area contributed by atoms with Crippen LogP contribution in [0.5, 0.6) is 5.75 Å². The molecule has 0 bridgehead atoms. The Bertz CT molecular complexity index is 401. The molecule has 0 heterocycles. The van der Waals surface area contributed by atoms with Crippen LogP contribution in [-0.2, 0) is 4.79 Å². The monoisotopic (exact) mass is 264 g/mol. The maximum Gasteiger partial charge on any atom is 0.237 e. The first-order chi connectivity index (χ1) is 8.95. The van der Waals surface area contributed by atoms with Crippen molar-refractivity contribution in [3.05, 3.63) is 29.8 Å². The third kappa shape index (κ3) is 4.56. The summed E-state index contributed by atoms with van der Waals surface area (Å²) in [5, 5.41) is 2.92. The van der Waals surface area contributed by atoms with Crippen LogP contribution >= 0.6 is 0 Å². The molecule has 1 aromatic carbocycles. The summed E-state index contributed by atoms with van der Waals surface area (Å²) in [6.45, 7) is 8.41. The normalized spacial score (nSPS) is 14.0. The number of carbonyl (C=O) groups excluding carboxylic acids is 1. The van der Waals surface area contributed by atoms with Gasteiger partial charge < -0.3 is 15.8 Å². The van der Waals surface area contributed by atoms with E-state index in [-0.39, 0.29) is 17.9 Å². The lowest BCUT2D eigenvalue weighted by Gasteiger charge is -2.20. The minimum absolute atomic E-state index is 0.0621. The van der Waals surface area contributed by atoms with Gasteiger partial charge in [-0.15, -0.1) is 0 Å². The number of nitrogens with two attached hydrogens (primary N) is 1. The van der Waals surface area contributed by atoms with Gasteiger partial charge in [-0.25, -0.2) is 0 Å². The summed E-state index contributed by atoms with van der Waals surface area (Å²) in [7, 11) is 0. The predicted octanol–water partition coefficient (Wildman–Crippen LogP) is 2.25. The van der Waals surface area contributed by atoms with E-state index in [0.717, 1.165) is 11.3 Å². The molecule has 1 unspecified atom stereocenters. The zero-order chi connectivity index (χ0) is 14.4. The summed E-state index contributed by atoms with van der Waals surface area (Å²) in [6.07, 6.45) is 0. The molecule has 4 nitrogen and oxygen atoms in total. The van der Waals surface area contributed by atoms with Crippen LogP contribution in [0.4, 0.5) is 0 Å². The fourth-order valence-corrected chi connectivity index (χ4v) is 1.72. The summed E-state index contributed by atoms with van der Waals surface area (Å²) in [5.74, 6) is 0.854. The molecule has 1 aromatic rings. The molecule has 0 saturated carbocycles. The van der Waals surface area contributed by atoms with Crippen LogP contribution in [0.3, 0.4) is 0 Å². The highest BCUT2D eigenvalue weighted by Gasteiger charge is 2.19. The van der Waals surface area contributed by atoms with Crippen molar-refractivity contribution in [1.82, 2.24) is 5.32 Å². The zero-order valence-corrected chi connectivity index (χ0v) is 12.1. The van der Waals surface area contributed by atoms with E-state index >= 15 is 0 Å². The number of hydrogen-bond donors (Lipinski definition) is 2. The van der Waals surface area contributed by atoms with Gasteiger partial charge in [0.2, 0.25) is 5.91 Å². The van der Waals surface area contributed by atoms with Crippen molar-refractivity contribution in [2.75, 3.05) is 6.61 Å². The minimum Gasteiger partial charge on any atom is -0.494 e. The maximum atomic E-state index is 11.9. The van der Waals surface area contributed by atoms with Crippen LogP contribution in [0, 0.1) is 5.92 Å². The van der Waals surface area contributed by atoms with Crippen molar-refractivity contribution >= 4 is 5.91 Å². The van der Waals surface area contributed by atoms with Crippen molar-refractivity contribution < 1.29 is 9.53 Å². The molecule has 2 atom stereocenters. The Balaban J connectivity index is 2.62. The number of hydrogen-bond acceptors (Lipinski definition) is 3. The van der Waals surface area contributed by atoms with Gasteiger partial charge in [-0.05, 0) is 37.5 Å². The lowest BCUT2D eigenvalue weighted by Crippen LogP contribution is -2.44. The van der Waals surface area contributed by atoms with Gasteiger partial charge >= 0.3 is 0 Å². The number of carbonyl (C=O) groups is 1. The molecule has 19 heavy (non-hydrogen) atoms. The van der Waals surface area contributed by atoms with Gasteiger partial charge in [0.15, 0.2) is 0 Å². The number of nitrogens with one attached hydrogen (secondary N) is 1. The molecule has 0 aliphatic heterocycles. The summed E-state index contributed by atoms with van der Waals surface area (Å²) in [5.41, 5.74) is 6.85. The number of ether oxygens (including phenoxy) is 1. The van der Waals surface area contributed by atoms with E-state index < -0.39 is 6.04 Å². The van der Waals surface area contributed by atoms with E-state index in [1.807, 2.05) is 52.0 Å². The molecule has 0 radical (unpaired) electrons. The molecule has 0 aliphatic carbocycles. The topological polar surface area (TPSA) is 64.3 Å².